The van der Waals surface area contributed by atoms with Crippen LogP contribution in [0.3, 0.4) is 0 Å². The third kappa shape index (κ3) is 5.96. The van der Waals surface area contributed by atoms with Crippen LogP contribution in [0.5, 0.6) is 0 Å². The van der Waals surface area contributed by atoms with Gasteiger partial charge in [-0.2, -0.15) is 13.2 Å². The van der Waals surface area contributed by atoms with Crippen LogP contribution in [0.2, 0.25) is 0 Å². The topological polar surface area (TPSA) is 46.2 Å². The Kier molecular flexibility index (Phi) is 5.02. The molecular formula is C10H14F3N3O. The Hall–Kier alpha value is -1.50. The molecule has 0 bridgehead atoms. The fraction of sp³-hybridized carbons (Fsp3) is 0.500. The molecule has 0 radical (unpaired) electrons. The van der Waals surface area contributed by atoms with Crippen molar-refractivity contribution < 1.29 is 17.9 Å². The monoisotopic (exact) mass is 249 g/mol. The molecule has 0 aliphatic carbocycles. The van der Waals surface area contributed by atoms with Crippen LogP contribution < -0.4 is 10.6 Å². The lowest BCUT2D eigenvalue weighted by Crippen LogP contribution is -2.20. The molecule has 4 nitrogen and oxygen atoms in total. The Bertz CT molecular complexity index is 344. The average molecular weight is 249 g/mol. The highest BCUT2D eigenvalue weighted by Crippen LogP contribution is 2.14. The van der Waals surface area contributed by atoms with Crippen molar-refractivity contribution in [1.82, 2.24) is 4.98 Å². The van der Waals surface area contributed by atoms with Crippen LogP contribution >= 0.6 is 0 Å². The molecular weight excluding hydrogens is 235 g/mol. The number of pyridine rings is 1. The molecule has 0 amide bonds. The maximum Gasteiger partial charge on any atom is 0.411 e. The van der Waals surface area contributed by atoms with Crippen molar-refractivity contribution in [2.45, 2.75) is 6.18 Å². The van der Waals surface area contributed by atoms with E-state index >= 15 is 0 Å². The van der Waals surface area contributed by atoms with E-state index in [9.17, 15) is 13.2 Å². The van der Waals surface area contributed by atoms with Crippen molar-refractivity contribution in [2.24, 2.45) is 0 Å². The molecule has 2 N–H and O–H groups in total. The molecule has 0 unspecified atom stereocenters. The summed E-state index contributed by atoms with van der Waals surface area (Å²) in [5.41, 5.74) is 0. The first-order valence-corrected chi connectivity index (χ1v) is 5.04. The summed E-state index contributed by atoms with van der Waals surface area (Å²) in [6, 6.07) is 5.30. The maximum atomic E-state index is 11.7. The highest BCUT2D eigenvalue weighted by molar-refractivity contribution is 5.44. The van der Waals surface area contributed by atoms with Gasteiger partial charge in [0.15, 0.2) is 0 Å². The van der Waals surface area contributed by atoms with Gasteiger partial charge in [0, 0.05) is 13.6 Å². The third-order valence-corrected chi connectivity index (χ3v) is 1.82. The SMILES string of the molecule is CNc1cccc(NCCOCC(F)(F)F)n1. The highest BCUT2D eigenvalue weighted by Gasteiger charge is 2.27. The zero-order valence-corrected chi connectivity index (χ0v) is 9.34. The van der Waals surface area contributed by atoms with Gasteiger partial charge in [-0.1, -0.05) is 6.07 Å². The minimum Gasteiger partial charge on any atom is -0.373 e. The van der Waals surface area contributed by atoms with Gasteiger partial charge in [0.1, 0.15) is 18.2 Å². The van der Waals surface area contributed by atoms with Crippen LogP contribution in [0, 0.1) is 0 Å². The number of hydrogen-bond acceptors (Lipinski definition) is 4. The van der Waals surface area contributed by atoms with Crippen LogP contribution in [-0.4, -0.2) is 38.0 Å². The van der Waals surface area contributed by atoms with Crippen LogP contribution in [0.25, 0.3) is 0 Å². The van der Waals surface area contributed by atoms with Gasteiger partial charge in [-0.15, -0.1) is 0 Å². The Balaban J connectivity index is 2.22. The van der Waals surface area contributed by atoms with Gasteiger partial charge in [-0.05, 0) is 12.1 Å². The van der Waals surface area contributed by atoms with E-state index in [2.05, 4.69) is 20.4 Å². The van der Waals surface area contributed by atoms with E-state index in [1.165, 1.54) is 0 Å². The standard InChI is InChI=1S/C10H14F3N3O/c1-14-8-3-2-4-9(16-8)15-5-6-17-7-10(11,12)13/h2-4H,5-7H2,1H3,(H2,14,15,16). The van der Waals surface area contributed by atoms with Gasteiger partial charge in [-0.3, -0.25) is 0 Å². The Labute approximate surface area is 97.2 Å². The summed E-state index contributed by atoms with van der Waals surface area (Å²) in [4.78, 5) is 4.14. The van der Waals surface area contributed by atoms with E-state index in [-0.39, 0.29) is 13.2 Å². The molecule has 1 heterocycles. The number of nitrogens with one attached hydrogen (secondary N) is 2. The van der Waals surface area contributed by atoms with Crippen molar-refractivity contribution in [3.63, 3.8) is 0 Å². The lowest BCUT2D eigenvalue weighted by molar-refractivity contribution is -0.172. The molecule has 0 aliphatic heterocycles. The third-order valence-electron chi connectivity index (χ3n) is 1.82. The second kappa shape index (κ2) is 6.29. The quantitative estimate of drug-likeness (QED) is 0.758. The normalized spacial score (nSPS) is 11.3. The first-order chi connectivity index (χ1) is 8.01. The van der Waals surface area contributed by atoms with Crippen LogP contribution in [0.15, 0.2) is 18.2 Å². The van der Waals surface area contributed by atoms with Gasteiger partial charge in [-0.25, -0.2) is 4.98 Å². The predicted octanol–water partition coefficient (Wildman–Crippen LogP) is 2.11. The van der Waals surface area contributed by atoms with Crippen LogP contribution in [0.4, 0.5) is 24.8 Å². The van der Waals surface area contributed by atoms with Crippen molar-refractivity contribution >= 4 is 11.6 Å². The fourth-order valence-corrected chi connectivity index (χ4v) is 1.11. The number of nitrogens with zero attached hydrogens (tertiary/aromatic N) is 1. The van der Waals surface area contributed by atoms with E-state index in [0.717, 1.165) is 0 Å². The first kappa shape index (κ1) is 13.6. The smallest absolute Gasteiger partial charge is 0.373 e. The van der Waals surface area contributed by atoms with E-state index < -0.39 is 12.8 Å². The predicted molar refractivity (Wildman–Crippen MR) is 59.1 cm³/mol. The van der Waals surface area contributed by atoms with Crippen LogP contribution in [-0.2, 0) is 4.74 Å². The van der Waals surface area contributed by atoms with Gasteiger partial charge in [0.05, 0.1) is 6.61 Å². The van der Waals surface area contributed by atoms with Gasteiger partial charge in [0.25, 0.3) is 0 Å². The molecule has 96 valence electrons. The molecule has 7 heteroatoms. The average Bonchev–Trinajstić information content (AvgIpc) is 2.27. The van der Waals surface area contributed by atoms with Crippen LogP contribution in [0.1, 0.15) is 0 Å². The summed E-state index contributed by atoms with van der Waals surface area (Å²) in [5.74, 6) is 1.28. The molecule has 0 saturated carbocycles. The van der Waals surface area contributed by atoms with E-state index in [1.807, 2.05) is 0 Å². The lowest BCUT2D eigenvalue weighted by Gasteiger charge is -2.09. The molecule has 0 atom stereocenters. The van der Waals surface area contributed by atoms with Crippen molar-refractivity contribution in [2.75, 3.05) is 37.4 Å². The summed E-state index contributed by atoms with van der Waals surface area (Å²) >= 11 is 0. The van der Waals surface area contributed by atoms with Gasteiger partial charge < -0.3 is 15.4 Å². The van der Waals surface area contributed by atoms with Gasteiger partial charge in [0.2, 0.25) is 0 Å². The number of hydrogen-bond donors (Lipinski definition) is 2. The fourth-order valence-electron chi connectivity index (χ4n) is 1.11. The number of alkyl halides is 3. The molecule has 0 aliphatic rings. The molecule has 0 aromatic carbocycles. The van der Waals surface area contributed by atoms with E-state index in [1.54, 1.807) is 25.2 Å². The number of aromatic nitrogens is 1. The van der Waals surface area contributed by atoms with Crippen molar-refractivity contribution in [3.05, 3.63) is 18.2 Å². The molecule has 1 rings (SSSR count). The highest BCUT2D eigenvalue weighted by atomic mass is 19.4. The molecule has 1 aromatic heterocycles. The van der Waals surface area contributed by atoms with Gasteiger partial charge >= 0.3 is 6.18 Å². The molecule has 0 saturated heterocycles. The summed E-state index contributed by atoms with van der Waals surface area (Å²) in [5, 5.41) is 5.72. The molecule has 0 spiro atoms. The number of ether oxygens (including phenoxy) is 1. The number of rotatable bonds is 6. The summed E-state index contributed by atoms with van der Waals surface area (Å²) in [7, 11) is 1.73. The largest absolute Gasteiger partial charge is 0.411 e. The summed E-state index contributed by atoms with van der Waals surface area (Å²) < 4.78 is 39.7. The Morgan fingerprint density at radius 1 is 1.29 bits per heavy atom. The molecule has 17 heavy (non-hydrogen) atoms. The van der Waals surface area contributed by atoms with Crippen molar-refractivity contribution in [1.29, 1.82) is 0 Å². The molecule has 0 fully saturated rings. The van der Waals surface area contributed by atoms with Crippen molar-refractivity contribution in [3.8, 4) is 0 Å². The minimum atomic E-state index is -4.27. The number of halogens is 3. The van der Waals surface area contributed by atoms with E-state index in [4.69, 9.17) is 0 Å². The second-order valence-corrected chi connectivity index (χ2v) is 3.25. The lowest BCUT2D eigenvalue weighted by atomic mass is 10.4. The zero-order chi connectivity index (χ0) is 12.7. The minimum absolute atomic E-state index is 0.0228. The second-order valence-electron chi connectivity index (χ2n) is 3.25. The Morgan fingerprint density at radius 2 is 2.00 bits per heavy atom. The summed E-state index contributed by atoms with van der Waals surface area (Å²) in [6.45, 7) is -0.972. The Morgan fingerprint density at radius 3 is 2.65 bits per heavy atom. The van der Waals surface area contributed by atoms with E-state index in [0.29, 0.717) is 11.6 Å². The summed E-state index contributed by atoms with van der Waals surface area (Å²) in [6.07, 6.45) is -4.27. The molecule has 1 aromatic rings. The zero-order valence-electron chi connectivity index (χ0n) is 9.34. The maximum absolute atomic E-state index is 11.7. The number of anilines is 2. The first-order valence-electron chi connectivity index (χ1n) is 5.04.